The zero-order valence-corrected chi connectivity index (χ0v) is 11.8. The Morgan fingerprint density at radius 2 is 1.95 bits per heavy atom. The van der Waals surface area contributed by atoms with Crippen LogP contribution in [-0.2, 0) is 10.0 Å². The average molecular weight is 288 g/mol. The monoisotopic (exact) mass is 288 g/mol. The summed E-state index contributed by atoms with van der Waals surface area (Å²) in [5.74, 6) is -1.46. The zero-order chi connectivity index (χ0) is 14.8. The Labute approximate surface area is 112 Å². The summed E-state index contributed by atoms with van der Waals surface area (Å²) in [6, 6.07) is 2.86. The lowest BCUT2D eigenvalue weighted by atomic mass is 9.97. The van der Waals surface area contributed by atoms with E-state index in [1.807, 2.05) is 20.8 Å². The summed E-state index contributed by atoms with van der Waals surface area (Å²) in [4.78, 5) is 11.5. The van der Waals surface area contributed by atoms with Crippen LogP contribution in [0.3, 0.4) is 0 Å². The summed E-state index contributed by atoms with van der Waals surface area (Å²) in [7, 11) is -3.97. The molecule has 19 heavy (non-hydrogen) atoms. The van der Waals surface area contributed by atoms with Crippen LogP contribution in [-0.4, -0.2) is 20.9 Å². The van der Waals surface area contributed by atoms with Crippen LogP contribution >= 0.6 is 0 Å². The molecule has 7 heteroatoms. The van der Waals surface area contributed by atoms with Gasteiger partial charge in [0.05, 0.1) is 10.5 Å². The quantitative estimate of drug-likeness (QED) is 0.877. The predicted molar refractivity (Wildman–Crippen MR) is 69.6 cm³/mol. The number of primary sulfonamides is 1. The number of hydrogen-bond acceptors (Lipinski definition) is 3. The van der Waals surface area contributed by atoms with Gasteiger partial charge in [-0.05, 0) is 23.6 Å². The Hall–Kier alpha value is -1.47. The van der Waals surface area contributed by atoms with E-state index in [4.69, 9.17) is 5.14 Å². The lowest BCUT2D eigenvalue weighted by molar-refractivity contribution is 0.0935. The van der Waals surface area contributed by atoms with Crippen molar-refractivity contribution in [2.75, 3.05) is 6.54 Å². The number of rotatable bonds is 3. The number of hydrogen-bond donors (Lipinski definition) is 2. The maximum atomic E-state index is 13.5. The maximum absolute atomic E-state index is 13.5. The molecule has 0 atom stereocenters. The molecule has 0 spiro atoms. The van der Waals surface area contributed by atoms with Crippen molar-refractivity contribution in [3.63, 3.8) is 0 Å². The van der Waals surface area contributed by atoms with E-state index in [1.54, 1.807) is 0 Å². The van der Waals surface area contributed by atoms with Crippen molar-refractivity contribution in [2.24, 2.45) is 10.6 Å². The summed E-state index contributed by atoms with van der Waals surface area (Å²) < 4.78 is 35.9. The molecule has 0 aliphatic heterocycles. The third kappa shape index (κ3) is 4.60. The molecular weight excluding hydrogens is 271 g/mol. The van der Waals surface area contributed by atoms with Gasteiger partial charge in [-0.15, -0.1) is 0 Å². The molecule has 1 rings (SSSR count). The molecule has 5 nitrogen and oxygen atoms in total. The van der Waals surface area contributed by atoms with E-state index in [-0.39, 0.29) is 15.9 Å². The van der Waals surface area contributed by atoms with Gasteiger partial charge in [0.15, 0.2) is 0 Å². The first-order chi connectivity index (χ1) is 8.50. The van der Waals surface area contributed by atoms with Crippen LogP contribution in [0.4, 0.5) is 4.39 Å². The second-order valence-electron chi connectivity index (χ2n) is 5.43. The summed E-state index contributed by atoms with van der Waals surface area (Å²) in [5.41, 5.74) is -0.500. The third-order valence-corrected chi connectivity index (χ3v) is 3.20. The summed E-state index contributed by atoms with van der Waals surface area (Å²) >= 11 is 0. The number of sulfonamides is 1. The van der Waals surface area contributed by atoms with Gasteiger partial charge in [-0.2, -0.15) is 0 Å². The number of nitrogens with two attached hydrogens (primary N) is 1. The van der Waals surface area contributed by atoms with Crippen LogP contribution < -0.4 is 10.5 Å². The fourth-order valence-corrected chi connectivity index (χ4v) is 1.84. The Morgan fingerprint density at radius 3 is 2.42 bits per heavy atom. The molecule has 0 bridgehead atoms. The molecule has 0 radical (unpaired) electrons. The van der Waals surface area contributed by atoms with Crippen molar-refractivity contribution in [2.45, 2.75) is 25.7 Å². The molecule has 0 fully saturated rings. The molecule has 0 aliphatic carbocycles. The highest BCUT2D eigenvalue weighted by Gasteiger charge is 2.18. The van der Waals surface area contributed by atoms with Crippen molar-refractivity contribution in [1.29, 1.82) is 0 Å². The van der Waals surface area contributed by atoms with E-state index in [0.29, 0.717) is 6.54 Å². The van der Waals surface area contributed by atoms with E-state index in [9.17, 15) is 17.6 Å². The lowest BCUT2D eigenvalue weighted by Crippen LogP contribution is -2.33. The molecule has 0 aliphatic rings. The molecular formula is C12H17FN2O3S. The standard InChI is InChI=1S/C12H17FN2O3S/c1-12(2,3)7-15-11(16)9-6-8(19(14,17)18)4-5-10(9)13/h4-6H,7H2,1-3H3,(H,15,16)(H2,14,17,18). The van der Waals surface area contributed by atoms with Crippen molar-refractivity contribution >= 4 is 15.9 Å². The third-order valence-electron chi connectivity index (χ3n) is 2.29. The molecule has 0 unspecified atom stereocenters. The van der Waals surface area contributed by atoms with Gasteiger partial charge in [0.2, 0.25) is 10.0 Å². The fraction of sp³-hybridized carbons (Fsp3) is 0.417. The van der Waals surface area contributed by atoms with Gasteiger partial charge < -0.3 is 5.32 Å². The zero-order valence-electron chi connectivity index (χ0n) is 11.0. The number of benzene rings is 1. The number of carbonyl (C=O) groups is 1. The van der Waals surface area contributed by atoms with Crippen LogP contribution in [0.1, 0.15) is 31.1 Å². The smallest absolute Gasteiger partial charge is 0.254 e. The van der Waals surface area contributed by atoms with Crippen molar-refractivity contribution < 1.29 is 17.6 Å². The highest BCUT2D eigenvalue weighted by atomic mass is 32.2. The topological polar surface area (TPSA) is 89.3 Å². The average Bonchev–Trinajstić information content (AvgIpc) is 2.24. The van der Waals surface area contributed by atoms with Crippen LogP contribution in [0.5, 0.6) is 0 Å². The van der Waals surface area contributed by atoms with E-state index in [2.05, 4.69) is 5.32 Å². The highest BCUT2D eigenvalue weighted by molar-refractivity contribution is 7.89. The Morgan fingerprint density at radius 1 is 1.37 bits per heavy atom. The Balaban J connectivity index is 3.03. The van der Waals surface area contributed by atoms with Gasteiger partial charge >= 0.3 is 0 Å². The van der Waals surface area contributed by atoms with E-state index in [0.717, 1.165) is 18.2 Å². The van der Waals surface area contributed by atoms with Gasteiger partial charge in [-0.1, -0.05) is 20.8 Å². The molecule has 1 amide bonds. The first kappa shape index (κ1) is 15.6. The van der Waals surface area contributed by atoms with Crippen molar-refractivity contribution in [3.8, 4) is 0 Å². The number of nitrogens with one attached hydrogen (secondary N) is 1. The minimum atomic E-state index is -3.97. The first-order valence-corrected chi connectivity index (χ1v) is 7.16. The van der Waals surface area contributed by atoms with Crippen LogP contribution in [0.15, 0.2) is 23.1 Å². The number of halogens is 1. The normalized spacial score (nSPS) is 12.3. The van der Waals surface area contributed by atoms with Crippen LogP contribution in [0.25, 0.3) is 0 Å². The van der Waals surface area contributed by atoms with Gasteiger partial charge in [-0.25, -0.2) is 17.9 Å². The number of carbonyl (C=O) groups excluding carboxylic acids is 1. The highest BCUT2D eigenvalue weighted by Crippen LogP contribution is 2.15. The predicted octanol–water partition coefficient (Wildman–Crippen LogP) is 1.25. The van der Waals surface area contributed by atoms with Crippen molar-refractivity contribution in [1.82, 2.24) is 5.32 Å². The van der Waals surface area contributed by atoms with Crippen molar-refractivity contribution in [3.05, 3.63) is 29.6 Å². The minimum Gasteiger partial charge on any atom is -0.351 e. The van der Waals surface area contributed by atoms with E-state index >= 15 is 0 Å². The molecule has 0 aromatic heterocycles. The molecule has 0 heterocycles. The summed E-state index contributed by atoms with van der Waals surface area (Å²) in [6.45, 7) is 6.06. The van der Waals surface area contributed by atoms with E-state index in [1.165, 1.54) is 0 Å². The molecule has 1 aromatic rings. The van der Waals surface area contributed by atoms with Crippen LogP contribution in [0, 0.1) is 11.2 Å². The first-order valence-electron chi connectivity index (χ1n) is 5.61. The number of amides is 1. The van der Waals surface area contributed by atoms with Gasteiger partial charge in [0.1, 0.15) is 5.82 Å². The molecule has 3 N–H and O–H groups in total. The summed E-state index contributed by atoms with van der Waals surface area (Å²) in [6.07, 6.45) is 0. The fourth-order valence-electron chi connectivity index (χ4n) is 1.30. The minimum absolute atomic E-state index is 0.163. The van der Waals surface area contributed by atoms with Gasteiger partial charge in [0, 0.05) is 6.54 Å². The van der Waals surface area contributed by atoms with E-state index < -0.39 is 21.7 Å². The lowest BCUT2D eigenvalue weighted by Gasteiger charge is -2.18. The largest absolute Gasteiger partial charge is 0.351 e. The summed E-state index contributed by atoms with van der Waals surface area (Å²) in [5, 5.41) is 7.48. The Kier molecular flexibility index (Phi) is 4.32. The Bertz CT molecular complexity index is 591. The molecule has 106 valence electrons. The molecule has 1 aromatic carbocycles. The molecule has 0 saturated heterocycles. The molecule has 0 saturated carbocycles. The second kappa shape index (κ2) is 5.26. The van der Waals surface area contributed by atoms with Gasteiger partial charge in [0.25, 0.3) is 5.91 Å². The van der Waals surface area contributed by atoms with Crippen LogP contribution in [0.2, 0.25) is 0 Å². The SMILES string of the molecule is CC(C)(C)CNC(=O)c1cc(S(N)(=O)=O)ccc1F. The second-order valence-corrected chi connectivity index (χ2v) is 6.99. The van der Waals surface area contributed by atoms with Gasteiger partial charge in [-0.3, -0.25) is 4.79 Å². The maximum Gasteiger partial charge on any atom is 0.254 e.